The number of morpholine rings is 1. The van der Waals surface area contributed by atoms with Crippen LogP contribution < -0.4 is 10.2 Å². The molecule has 0 unspecified atom stereocenters. The molecule has 28 heavy (non-hydrogen) atoms. The molecule has 6 heteroatoms. The minimum absolute atomic E-state index is 0.0230. The lowest BCUT2D eigenvalue weighted by molar-refractivity contribution is -0.123. The Hall–Kier alpha value is -1.69. The van der Waals surface area contributed by atoms with Gasteiger partial charge < -0.3 is 15.0 Å². The molecule has 2 aliphatic rings. The number of anilines is 1. The minimum atomic E-state index is -0.0266. The topological polar surface area (TPSA) is 67.4 Å². The summed E-state index contributed by atoms with van der Waals surface area (Å²) >= 11 is 0. The highest BCUT2D eigenvalue weighted by Gasteiger charge is 2.35. The van der Waals surface area contributed by atoms with Crippen molar-refractivity contribution in [2.75, 3.05) is 18.0 Å². The van der Waals surface area contributed by atoms with Crippen LogP contribution in [0, 0.1) is 10.8 Å². The van der Waals surface area contributed by atoms with Crippen LogP contribution in [0.5, 0.6) is 0 Å². The van der Waals surface area contributed by atoms with E-state index in [1.54, 1.807) is 0 Å². The predicted molar refractivity (Wildman–Crippen MR) is 111 cm³/mol. The summed E-state index contributed by atoms with van der Waals surface area (Å²) in [6.07, 6.45) is 4.60. The molecule has 1 aromatic heterocycles. The summed E-state index contributed by atoms with van der Waals surface area (Å²) < 4.78 is 5.84. The fourth-order valence-electron chi connectivity index (χ4n) is 4.39. The van der Waals surface area contributed by atoms with Gasteiger partial charge >= 0.3 is 0 Å². The Morgan fingerprint density at radius 1 is 1.29 bits per heavy atom. The second kappa shape index (κ2) is 7.62. The Bertz CT molecular complexity index is 716. The predicted octanol–water partition coefficient (Wildman–Crippen LogP) is 3.66. The van der Waals surface area contributed by atoms with E-state index in [0.717, 1.165) is 43.1 Å². The molecule has 156 valence electrons. The molecule has 6 nitrogen and oxygen atoms in total. The van der Waals surface area contributed by atoms with Crippen LogP contribution in [-0.4, -0.2) is 41.2 Å². The SMILES string of the molecule is C[C@@H]1CN(c2ncc3c(n2)CC(C)(C)C[C@@H]3NC(=O)CC(C)(C)C)C[C@H](C)O1. The molecule has 1 aliphatic heterocycles. The van der Waals surface area contributed by atoms with E-state index in [-0.39, 0.29) is 35.0 Å². The molecule has 1 aromatic rings. The number of ether oxygens (including phenoxy) is 1. The number of fused-ring (bicyclic) bond motifs is 1. The molecule has 0 bridgehead atoms. The molecule has 0 saturated carbocycles. The van der Waals surface area contributed by atoms with Crippen molar-refractivity contribution in [2.45, 2.75) is 86.0 Å². The van der Waals surface area contributed by atoms with E-state index in [9.17, 15) is 4.79 Å². The van der Waals surface area contributed by atoms with Gasteiger partial charge in [-0.05, 0) is 37.5 Å². The van der Waals surface area contributed by atoms with E-state index >= 15 is 0 Å². The first-order chi connectivity index (χ1) is 12.9. The molecule has 3 rings (SSSR count). The van der Waals surface area contributed by atoms with Crippen molar-refractivity contribution in [3.05, 3.63) is 17.5 Å². The van der Waals surface area contributed by atoms with Crippen LogP contribution in [0.4, 0.5) is 5.95 Å². The minimum Gasteiger partial charge on any atom is -0.372 e. The van der Waals surface area contributed by atoms with Crippen LogP contribution in [0.15, 0.2) is 6.20 Å². The highest BCUT2D eigenvalue weighted by molar-refractivity contribution is 5.77. The van der Waals surface area contributed by atoms with Crippen molar-refractivity contribution in [2.24, 2.45) is 10.8 Å². The maximum atomic E-state index is 12.6. The van der Waals surface area contributed by atoms with Gasteiger partial charge in [0.1, 0.15) is 0 Å². The Labute approximate surface area is 169 Å². The third-order valence-electron chi connectivity index (χ3n) is 5.39. The summed E-state index contributed by atoms with van der Waals surface area (Å²) in [6.45, 7) is 16.5. The molecular weight excluding hydrogens is 352 g/mol. The molecule has 3 atom stereocenters. The first-order valence-corrected chi connectivity index (χ1v) is 10.5. The van der Waals surface area contributed by atoms with Crippen LogP contribution in [0.3, 0.4) is 0 Å². The van der Waals surface area contributed by atoms with E-state index in [0.29, 0.717) is 6.42 Å². The number of aromatic nitrogens is 2. The molecule has 1 fully saturated rings. The van der Waals surface area contributed by atoms with Gasteiger partial charge in [-0.25, -0.2) is 9.97 Å². The van der Waals surface area contributed by atoms with Gasteiger partial charge in [-0.15, -0.1) is 0 Å². The third-order valence-corrected chi connectivity index (χ3v) is 5.39. The van der Waals surface area contributed by atoms with Crippen LogP contribution in [0.1, 0.15) is 78.6 Å². The first kappa shape index (κ1) is 21.0. The number of carbonyl (C=O) groups is 1. The Morgan fingerprint density at radius 3 is 2.54 bits per heavy atom. The van der Waals surface area contributed by atoms with Crippen LogP contribution in [-0.2, 0) is 16.0 Å². The first-order valence-electron chi connectivity index (χ1n) is 10.5. The molecule has 2 heterocycles. The van der Waals surface area contributed by atoms with Gasteiger partial charge in [-0.1, -0.05) is 34.6 Å². The normalized spacial score (nSPS) is 27.2. The fraction of sp³-hybridized carbons (Fsp3) is 0.773. The second-order valence-electron chi connectivity index (χ2n) is 10.6. The summed E-state index contributed by atoms with van der Waals surface area (Å²) in [4.78, 5) is 24.4. The number of amides is 1. The number of carbonyl (C=O) groups excluding carboxylic acids is 1. The Kier molecular flexibility index (Phi) is 5.72. The number of rotatable bonds is 3. The summed E-state index contributed by atoms with van der Waals surface area (Å²) in [6, 6.07) is -0.0230. The highest BCUT2D eigenvalue weighted by atomic mass is 16.5. The van der Waals surface area contributed by atoms with Crippen molar-refractivity contribution in [1.82, 2.24) is 15.3 Å². The standard InChI is InChI=1S/C22H36N4O2/c1-14-12-26(13-15(2)28-14)20-23-11-16-17(24-19(27)10-21(3,4)5)8-22(6,7)9-18(16)25-20/h11,14-15,17H,8-10,12-13H2,1-7H3,(H,24,27)/t14-,15+,17-/m0/s1. The fourth-order valence-corrected chi connectivity index (χ4v) is 4.39. The van der Waals surface area contributed by atoms with Gasteiger partial charge in [0.05, 0.1) is 23.9 Å². The monoisotopic (exact) mass is 388 g/mol. The molecule has 0 radical (unpaired) electrons. The van der Waals surface area contributed by atoms with Crippen molar-refractivity contribution >= 4 is 11.9 Å². The smallest absolute Gasteiger partial charge is 0.225 e. The largest absolute Gasteiger partial charge is 0.372 e. The average molecular weight is 389 g/mol. The maximum absolute atomic E-state index is 12.6. The van der Waals surface area contributed by atoms with Crippen LogP contribution >= 0.6 is 0 Å². The maximum Gasteiger partial charge on any atom is 0.225 e. The Balaban J connectivity index is 1.83. The van der Waals surface area contributed by atoms with Crippen molar-refractivity contribution in [3.8, 4) is 0 Å². The van der Waals surface area contributed by atoms with E-state index < -0.39 is 0 Å². The van der Waals surface area contributed by atoms with E-state index in [4.69, 9.17) is 9.72 Å². The van der Waals surface area contributed by atoms with Crippen LogP contribution in [0.2, 0.25) is 0 Å². The summed E-state index contributed by atoms with van der Waals surface area (Å²) in [7, 11) is 0. The van der Waals surface area contributed by atoms with Gasteiger partial charge in [0.15, 0.2) is 0 Å². The number of hydrogen-bond donors (Lipinski definition) is 1. The highest BCUT2D eigenvalue weighted by Crippen LogP contribution is 2.40. The van der Waals surface area contributed by atoms with Gasteiger partial charge in [0.25, 0.3) is 0 Å². The molecule has 1 N–H and O–H groups in total. The average Bonchev–Trinajstić information content (AvgIpc) is 2.50. The van der Waals surface area contributed by atoms with Gasteiger partial charge in [0, 0.05) is 31.3 Å². The molecule has 0 aromatic carbocycles. The number of nitrogens with zero attached hydrogens (tertiary/aromatic N) is 3. The molecule has 1 aliphatic carbocycles. The van der Waals surface area contributed by atoms with Crippen molar-refractivity contribution < 1.29 is 9.53 Å². The van der Waals surface area contributed by atoms with E-state index in [1.165, 1.54) is 0 Å². The zero-order valence-corrected chi connectivity index (χ0v) is 18.5. The quantitative estimate of drug-likeness (QED) is 0.856. The van der Waals surface area contributed by atoms with E-state index in [1.807, 2.05) is 6.20 Å². The van der Waals surface area contributed by atoms with Gasteiger partial charge in [0.2, 0.25) is 11.9 Å². The summed E-state index contributed by atoms with van der Waals surface area (Å²) in [5.74, 6) is 0.874. The number of nitrogens with one attached hydrogen (secondary N) is 1. The third kappa shape index (κ3) is 5.22. The lowest BCUT2D eigenvalue weighted by atomic mass is 9.74. The lowest BCUT2D eigenvalue weighted by Crippen LogP contribution is -2.46. The van der Waals surface area contributed by atoms with Gasteiger partial charge in [-0.2, -0.15) is 0 Å². The summed E-state index contributed by atoms with van der Waals surface area (Å²) in [5, 5.41) is 3.25. The van der Waals surface area contributed by atoms with Crippen molar-refractivity contribution in [1.29, 1.82) is 0 Å². The van der Waals surface area contributed by atoms with E-state index in [2.05, 4.69) is 63.7 Å². The Morgan fingerprint density at radius 2 is 1.93 bits per heavy atom. The molecule has 0 spiro atoms. The zero-order valence-electron chi connectivity index (χ0n) is 18.5. The second-order valence-corrected chi connectivity index (χ2v) is 10.6. The van der Waals surface area contributed by atoms with Crippen LogP contribution in [0.25, 0.3) is 0 Å². The summed E-state index contributed by atoms with van der Waals surface area (Å²) in [5.41, 5.74) is 2.19. The molecule has 1 saturated heterocycles. The molecular formula is C22H36N4O2. The van der Waals surface area contributed by atoms with Gasteiger partial charge in [-0.3, -0.25) is 4.79 Å². The van der Waals surface area contributed by atoms with Crippen molar-refractivity contribution in [3.63, 3.8) is 0 Å². The molecule has 1 amide bonds. The lowest BCUT2D eigenvalue weighted by Gasteiger charge is -2.38. The zero-order chi connectivity index (χ0) is 20.7. The number of hydrogen-bond acceptors (Lipinski definition) is 5.